The van der Waals surface area contributed by atoms with E-state index in [2.05, 4.69) is 70.9 Å². The number of alkyl halides is 1. The van der Waals surface area contributed by atoms with Crippen LogP contribution in [0.5, 0.6) is 5.75 Å². The second-order valence-corrected chi connectivity index (χ2v) is 9.18. The lowest BCUT2D eigenvalue weighted by Gasteiger charge is -2.40. The third-order valence-corrected chi connectivity index (χ3v) is 7.02. The molecule has 2 aliphatic rings. The summed E-state index contributed by atoms with van der Waals surface area (Å²) in [6, 6.07) is 26.0. The number of hydrogen-bond acceptors (Lipinski definition) is 3. The average molecular weight is 431 g/mol. The predicted molar refractivity (Wildman–Crippen MR) is 128 cm³/mol. The number of likely N-dealkylation sites (tertiary alicyclic amines) is 1. The van der Waals surface area contributed by atoms with E-state index in [0.717, 1.165) is 38.2 Å². The molecule has 2 N–H and O–H groups in total. The molecule has 3 nitrogen and oxygen atoms in total. The van der Waals surface area contributed by atoms with Crippen LogP contribution in [0.15, 0.2) is 72.8 Å². The highest BCUT2D eigenvalue weighted by Crippen LogP contribution is 2.47. The molecule has 2 atom stereocenters. The van der Waals surface area contributed by atoms with Crippen LogP contribution >= 0.6 is 0 Å². The van der Waals surface area contributed by atoms with Gasteiger partial charge in [-0.3, -0.25) is 9.29 Å². The number of benzene rings is 3. The third kappa shape index (κ3) is 4.37. The van der Waals surface area contributed by atoms with Crippen molar-refractivity contribution in [2.24, 2.45) is 0 Å². The summed E-state index contributed by atoms with van der Waals surface area (Å²) in [6.45, 7) is 2.59. The number of anilines is 1. The molecular formula is C28H31FN2O. The number of aryl methyl sites for hydroxylation is 1. The zero-order chi connectivity index (χ0) is 21.9. The average Bonchev–Trinajstić information content (AvgIpc) is 2.80. The molecule has 0 unspecified atom stereocenters. The highest BCUT2D eigenvalue weighted by molar-refractivity contribution is 5.51. The Morgan fingerprint density at radius 1 is 0.938 bits per heavy atom. The van der Waals surface area contributed by atoms with Crippen molar-refractivity contribution >= 4 is 5.69 Å². The summed E-state index contributed by atoms with van der Waals surface area (Å²) < 4.78 is 12.3. The number of hydrogen-bond donors (Lipinski definition) is 2. The fourth-order valence-corrected chi connectivity index (χ4v) is 5.43. The van der Waals surface area contributed by atoms with Gasteiger partial charge in [-0.2, -0.15) is 0 Å². The van der Waals surface area contributed by atoms with Gasteiger partial charge in [-0.25, -0.2) is 0 Å². The van der Waals surface area contributed by atoms with Gasteiger partial charge in [0, 0.05) is 31.2 Å². The van der Waals surface area contributed by atoms with E-state index >= 15 is 0 Å². The Labute approximate surface area is 189 Å². The Morgan fingerprint density at radius 2 is 1.72 bits per heavy atom. The van der Waals surface area contributed by atoms with Crippen molar-refractivity contribution in [3.63, 3.8) is 0 Å². The third-order valence-electron chi connectivity index (χ3n) is 7.02. The van der Waals surface area contributed by atoms with Crippen LogP contribution in [0.2, 0.25) is 0 Å². The molecule has 5 rings (SSSR count). The molecule has 0 spiro atoms. The van der Waals surface area contributed by atoms with E-state index in [1.165, 1.54) is 22.3 Å². The van der Waals surface area contributed by atoms with Gasteiger partial charge in [0.1, 0.15) is 5.75 Å². The maximum atomic E-state index is 12.3. The van der Waals surface area contributed by atoms with E-state index in [1.807, 2.05) is 12.1 Å². The van der Waals surface area contributed by atoms with Crippen molar-refractivity contribution in [1.82, 2.24) is 4.90 Å². The smallest absolute Gasteiger partial charge is 0.115 e. The molecule has 0 bridgehead atoms. The maximum absolute atomic E-state index is 12.3. The lowest BCUT2D eigenvalue weighted by atomic mass is 9.69. The van der Waals surface area contributed by atoms with Crippen LogP contribution < -0.4 is 5.32 Å². The highest BCUT2D eigenvalue weighted by Gasteiger charge is 2.32. The first kappa shape index (κ1) is 21.0. The number of halogens is 1. The van der Waals surface area contributed by atoms with E-state index < -0.39 is 0 Å². The van der Waals surface area contributed by atoms with Gasteiger partial charge >= 0.3 is 0 Å². The Bertz CT molecular complexity index is 1030. The lowest BCUT2D eigenvalue weighted by molar-refractivity contribution is 0.155. The Balaban J connectivity index is 1.36. The summed E-state index contributed by atoms with van der Waals surface area (Å²) >= 11 is 0. The van der Waals surface area contributed by atoms with E-state index in [4.69, 9.17) is 0 Å². The van der Waals surface area contributed by atoms with E-state index in [-0.39, 0.29) is 12.6 Å². The molecule has 1 fully saturated rings. The van der Waals surface area contributed by atoms with Gasteiger partial charge in [0.2, 0.25) is 0 Å². The quantitative estimate of drug-likeness (QED) is 0.504. The number of aromatic hydroxyl groups is 1. The minimum absolute atomic E-state index is 0.232. The molecule has 4 heteroatoms. The molecule has 0 radical (unpaired) electrons. The Kier molecular flexibility index (Phi) is 6.13. The Morgan fingerprint density at radius 3 is 2.47 bits per heavy atom. The first-order valence-electron chi connectivity index (χ1n) is 11.7. The van der Waals surface area contributed by atoms with Crippen LogP contribution in [0.25, 0.3) is 0 Å². The predicted octanol–water partition coefficient (Wildman–Crippen LogP) is 5.71. The van der Waals surface area contributed by atoms with Crippen molar-refractivity contribution in [2.45, 2.75) is 37.1 Å². The SMILES string of the molecule is Oc1ccc2c(c1)CC[C@H](c1ccccc1)[C@@H]2c1ccc(NC2CN(CCCF)C2)cc1. The summed E-state index contributed by atoms with van der Waals surface area (Å²) in [5, 5.41) is 13.6. The monoisotopic (exact) mass is 430 g/mol. The molecule has 1 aliphatic heterocycles. The molecule has 3 aromatic carbocycles. The van der Waals surface area contributed by atoms with E-state index in [0.29, 0.717) is 24.1 Å². The first-order chi connectivity index (χ1) is 15.7. The number of nitrogens with one attached hydrogen (secondary N) is 1. The zero-order valence-electron chi connectivity index (χ0n) is 18.4. The largest absolute Gasteiger partial charge is 0.508 e. The van der Waals surface area contributed by atoms with Crippen molar-refractivity contribution in [3.05, 3.63) is 95.1 Å². The number of fused-ring (bicyclic) bond motifs is 1. The maximum Gasteiger partial charge on any atom is 0.115 e. The fourth-order valence-electron chi connectivity index (χ4n) is 5.43. The van der Waals surface area contributed by atoms with Gasteiger partial charge in [0.15, 0.2) is 0 Å². The normalized spacial score (nSPS) is 21.0. The fraction of sp³-hybridized carbons (Fsp3) is 0.357. The summed E-state index contributed by atoms with van der Waals surface area (Å²) in [4.78, 5) is 2.30. The van der Waals surface area contributed by atoms with Crippen LogP contribution in [0.1, 0.15) is 46.9 Å². The molecule has 1 aliphatic carbocycles. The van der Waals surface area contributed by atoms with Crippen LogP contribution in [0.4, 0.5) is 10.1 Å². The summed E-state index contributed by atoms with van der Waals surface area (Å²) in [5.74, 6) is 1.04. The molecule has 0 amide bonds. The van der Waals surface area contributed by atoms with Crippen molar-refractivity contribution in [1.29, 1.82) is 0 Å². The first-order valence-corrected chi connectivity index (χ1v) is 11.7. The second-order valence-electron chi connectivity index (χ2n) is 9.18. The number of rotatable bonds is 7. The standard InChI is InChI=1S/C28H31FN2O/c29-15-4-16-31-18-24(19-31)30-23-10-7-21(8-11-23)28-26(20-5-2-1-3-6-20)13-9-22-17-25(32)12-14-27(22)28/h1-3,5-8,10-12,14,17,24,26,28,30,32H,4,9,13,15-16,18-19H2/t26-,28+/m1/s1. The molecule has 0 saturated carbocycles. The number of phenolic OH excluding ortho intramolecular Hbond substituents is 1. The molecule has 0 aromatic heterocycles. The minimum atomic E-state index is -0.232. The molecule has 32 heavy (non-hydrogen) atoms. The van der Waals surface area contributed by atoms with Gasteiger partial charge < -0.3 is 10.4 Å². The minimum Gasteiger partial charge on any atom is -0.508 e. The van der Waals surface area contributed by atoms with Crippen LogP contribution in [-0.4, -0.2) is 42.4 Å². The second kappa shape index (κ2) is 9.33. The van der Waals surface area contributed by atoms with Gasteiger partial charge in [-0.15, -0.1) is 0 Å². The van der Waals surface area contributed by atoms with Gasteiger partial charge in [0.05, 0.1) is 12.7 Å². The van der Waals surface area contributed by atoms with Crippen molar-refractivity contribution in [2.75, 3.05) is 31.6 Å². The van der Waals surface area contributed by atoms with Gasteiger partial charge in [-0.1, -0.05) is 48.5 Å². The summed E-state index contributed by atoms with van der Waals surface area (Å²) in [6.07, 6.45) is 2.69. The van der Waals surface area contributed by atoms with Crippen molar-refractivity contribution in [3.8, 4) is 5.75 Å². The van der Waals surface area contributed by atoms with E-state index in [1.54, 1.807) is 0 Å². The zero-order valence-corrected chi connectivity index (χ0v) is 18.4. The Hall–Kier alpha value is -2.85. The molecule has 1 saturated heterocycles. The summed E-state index contributed by atoms with van der Waals surface area (Å²) in [5.41, 5.74) is 6.41. The van der Waals surface area contributed by atoms with Crippen molar-refractivity contribution < 1.29 is 9.50 Å². The topological polar surface area (TPSA) is 35.5 Å². The van der Waals surface area contributed by atoms with Crippen LogP contribution in [0, 0.1) is 0 Å². The molecule has 1 heterocycles. The molecule has 3 aromatic rings. The van der Waals surface area contributed by atoms with E-state index in [9.17, 15) is 9.50 Å². The van der Waals surface area contributed by atoms with Crippen LogP contribution in [0.3, 0.4) is 0 Å². The van der Waals surface area contributed by atoms with Gasteiger partial charge in [-0.05, 0) is 71.7 Å². The highest BCUT2D eigenvalue weighted by atomic mass is 19.1. The number of phenols is 1. The molecular weight excluding hydrogens is 399 g/mol. The van der Waals surface area contributed by atoms with Crippen LogP contribution in [-0.2, 0) is 6.42 Å². The number of nitrogens with zero attached hydrogens (tertiary/aromatic N) is 1. The summed E-state index contributed by atoms with van der Waals surface area (Å²) in [7, 11) is 0. The lowest BCUT2D eigenvalue weighted by Crippen LogP contribution is -2.54. The molecule has 166 valence electrons. The van der Waals surface area contributed by atoms with Gasteiger partial charge in [0.25, 0.3) is 0 Å².